The van der Waals surface area contributed by atoms with E-state index in [9.17, 15) is 44.9 Å². The number of hydrogen-bond donors (Lipinski definition) is 8. The van der Waals surface area contributed by atoms with Crippen molar-refractivity contribution in [2.45, 2.75) is 134 Å². The second-order valence-corrected chi connectivity index (χ2v) is 19.0. The summed E-state index contributed by atoms with van der Waals surface area (Å²) >= 11 is 0. The minimum atomic E-state index is -1.64. The van der Waals surface area contributed by atoms with Crippen molar-refractivity contribution < 1.29 is 58.6 Å². The quantitative estimate of drug-likeness (QED) is 0.0472. The summed E-state index contributed by atoms with van der Waals surface area (Å²) in [6.45, 7) is 5.44. The smallest absolute Gasteiger partial charge is 0.226 e. The first-order chi connectivity index (χ1) is 34.6. The van der Waals surface area contributed by atoms with Gasteiger partial charge in [0.2, 0.25) is 11.8 Å². The van der Waals surface area contributed by atoms with Gasteiger partial charge in [-0.25, -0.2) is 0 Å². The van der Waals surface area contributed by atoms with Crippen LogP contribution in [0.15, 0.2) is 54.6 Å². The number of benzene rings is 3. The molecular formula is C54H74N6O12. The molecule has 3 aromatic rings. The number of unbranched alkanes of at least 4 members (excludes halogenated alkanes) is 3. The molecule has 5 rings (SSSR count). The van der Waals surface area contributed by atoms with E-state index in [1.165, 1.54) is 11.9 Å². The Morgan fingerprint density at radius 2 is 1.64 bits per heavy atom. The van der Waals surface area contributed by atoms with Gasteiger partial charge in [-0.2, -0.15) is 5.26 Å². The number of likely N-dealkylation sites (N-methyl/N-ethyl adjacent to an activating group) is 1. The van der Waals surface area contributed by atoms with Crippen LogP contribution in [-0.4, -0.2) is 138 Å². The molecule has 4 bridgehead atoms. The molecule has 1 fully saturated rings. The van der Waals surface area contributed by atoms with Crippen LogP contribution in [0.1, 0.15) is 110 Å². The fourth-order valence-electron chi connectivity index (χ4n) is 9.47. The van der Waals surface area contributed by atoms with Gasteiger partial charge in [0.1, 0.15) is 49.1 Å². The molecule has 0 saturated carbocycles. The van der Waals surface area contributed by atoms with Crippen molar-refractivity contribution >= 4 is 29.2 Å². The van der Waals surface area contributed by atoms with Gasteiger partial charge in [-0.1, -0.05) is 63.4 Å². The number of rotatable bonds is 24. The standard InChI is InChI=1S/C54H74N6O12/c1-5-6-7-8-10-34-12-15-38(32(2)25-34)43(63)30-37(18-22-58-48-51(66)50(65)47(31-61)72-54(48)69)53(68)60(4)49-36-14-17-46(71-24-21-57)40(29-36)39-27-35(13-16-45(39)70-23-20-56)28-41(42(62)11-9-19-55)59-52(67)33(3)26-44(49)64/h12-17,25,27,29,33,37,41,47-51,54,58,61,65-66,69H,5-11,18,20-24,26,28,30-31,56-57H2,1-4H3,(H,59,67)/t33-,37-,41+,47-,48-,49+,50-,51-,54+/m1/s1. The molecule has 18 nitrogen and oxygen atoms in total. The number of nitrogens with two attached hydrogens (primary N) is 2. The largest absolute Gasteiger partial charge is 0.492 e. The Morgan fingerprint density at radius 1 is 0.944 bits per heavy atom. The number of fused-ring (bicyclic) bond motifs is 5. The van der Waals surface area contributed by atoms with Crippen LogP contribution in [0.5, 0.6) is 11.5 Å². The summed E-state index contributed by atoms with van der Waals surface area (Å²) in [6, 6.07) is 14.3. The van der Waals surface area contributed by atoms with Gasteiger partial charge >= 0.3 is 0 Å². The maximum Gasteiger partial charge on any atom is 0.226 e. The van der Waals surface area contributed by atoms with Gasteiger partial charge in [0.15, 0.2) is 23.6 Å². The number of amides is 2. The Hall–Kier alpha value is -5.62. The Balaban J connectivity index is 1.59. The highest BCUT2D eigenvalue weighted by molar-refractivity contribution is 6.01. The normalized spacial score (nSPS) is 22.7. The number of ether oxygens (including phenoxy) is 3. The number of carbonyl (C=O) groups excluding carboxylic acids is 5. The van der Waals surface area contributed by atoms with E-state index in [4.69, 9.17) is 25.7 Å². The molecule has 0 unspecified atom stereocenters. The van der Waals surface area contributed by atoms with E-state index in [2.05, 4.69) is 17.6 Å². The van der Waals surface area contributed by atoms with E-state index < -0.39 is 78.8 Å². The molecule has 9 atom stereocenters. The van der Waals surface area contributed by atoms with E-state index in [1.807, 2.05) is 25.1 Å². The average Bonchev–Trinajstić information content (AvgIpc) is 3.36. The predicted octanol–water partition coefficient (Wildman–Crippen LogP) is 3.14. The minimum Gasteiger partial charge on any atom is -0.492 e. The molecule has 0 spiro atoms. The van der Waals surface area contributed by atoms with E-state index in [0.717, 1.165) is 43.2 Å². The van der Waals surface area contributed by atoms with E-state index in [0.29, 0.717) is 39.3 Å². The van der Waals surface area contributed by atoms with Crippen LogP contribution in [0, 0.1) is 30.1 Å². The summed E-state index contributed by atoms with van der Waals surface area (Å²) in [7, 11) is 1.45. The molecule has 2 amide bonds. The number of nitrogens with zero attached hydrogens (tertiary/aromatic N) is 2. The molecule has 3 aromatic carbocycles. The number of ketones is 3. The fourth-order valence-corrected chi connectivity index (χ4v) is 9.47. The number of Topliss-reactive ketones (excluding diaryl/α,β-unsaturated/α-hetero) is 3. The number of aryl methyl sites for hydroxylation is 2. The van der Waals surface area contributed by atoms with Crippen molar-refractivity contribution in [1.29, 1.82) is 5.26 Å². The van der Waals surface area contributed by atoms with Gasteiger partial charge in [-0.05, 0) is 85.7 Å². The van der Waals surface area contributed by atoms with Gasteiger partial charge < -0.3 is 61.6 Å². The van der Waals surface area contributed by atoms with Crippen molar-refractivity contribution in [1.82, 2.24) is 15.5 Å². The Bertz CT molecular complexity index is 2370. The summed E-state index contributed by atoms with van der Waals surface area (Å²) in [5.41, 5.74) is 16.0. The molecule has 0 aromatic heterocycles. The monoisotopic (exact) mass is 999 g/mol. The molecule has 0 aliphatic carbocycles. The lowest BCUT2D eigenvalue weighted by Gasteiger charge is -2.40. The summed E-state index contributed by atoms with van der Waals surface area (Å²) < 4.78 is 17.6. The zero-order valence-corrected chi connectivity index (χ0v) is 42.0. The molecule has 2 aliphatic heterocycles. The van der Waals surface area contributed by atoms with Gasteiger partial charge in [0.25, 0.3) is 0 Å². The second kappa shape index (κ2) is 28.0. The molecule has 2 aliphatic rings. The van der Waals surface area contributed by atoms with Crippen molar-refractivity contribution in [3.8, 4) is 28.7 Å². The van der Waals surface area contributed by atoms with Gasteiger partial charge in [0.05, 0.1) is 24.8 Å². The predicted molar refractivity (Wildman–Crippen MR) is 269 cm³/mol. The van der Waals surface area contributed by atoms with Crippen LogP contribution in [-0.2, 0) is 36.8 Å². The summed E-state index contributed by atoms with van der Waals surface area (Å²) in [5, 5.41) is 56.9. The van der Waals surface area contributed by atoms with Crippen LogP contribution >= 0.6 is 0 Å². The highest BCUT2D eigenvalue weighted by atomic mass is 16.6. The number of aliphatic hydroxyl groups is 4. The highest BCUT2D eigenvalue weighted by Crippen LogP contribution is 2.41. The van der Waals surface area contributed by atoms with Gasteiger partial charge in [-0.15, -0.1) is 0 Å². The lowest BCUT2D eigenvalue weighted by atomic mass is 9.87. The fraction of sp³-hybridized carbons (Fsp3) is 0.556. The van der Waals surface area contributed by atoms with Crippen LogP contribution in [0.2, 0.25) is 0 Å². The van der Waals surface area contributed by atoms with E-state index in [1.54, 1.807) is 49.4 Å². The molecule has 1 saturated heterocycles. The SMILES string of the molecule is CCCCCCc1ccc(C(=O)C[C@@H](CCN[C@@H]2[C@@H](O)[C@H](O)[C@@H](CO)O[C@@H]2O)C(=O)N(C)[C@@H]2C(=O)C[C@@H](C)C(=O)N[C@H](C(=O)CCC#N)Cc3ccc(OCCN)c(c3)-c3cc2ccc3OCCN)c(C)c1. The molecular weight excluding hydrogens is 925 g/mol. The number of carbonyl (C=O) groups is 5. The number of hydrogen-bond acceptors (Lipinski definition) is 16. The Kier molecular flexibility index (Phi) is 22.3. The Morgan fingerprint density at radius 3 is 2.29 bits per heavy atom. The number of nitriles is 1. The Labute approximate surface area is 422 Å². The molecule has 72 heavy (non-hydrogen) atoms. The van der Waals surface area contributed by atoms with Gasteiger partial charge in [0, 0.05) is 74.3 Å². The molecule has 2 heterocycles. The van der Waals surface area contributed by atoms with E-state index >= 15 is 4.79 Å². The third-order valence-electron chi connectivity index (χ3n) is 13.5. The molecule has 392 valence electrons. The van der Waals surface area contributed by atoms with E-state index in [-0.39, 0.29) is 82.9 Å². The van der Waals surface area contributed by atoms with Crippen molar-refractivity contribution in [2.24, 2.45) is 23.3 Å². The summed E-state index contributed by atoms with van der Waals surface area (Å²) in [5.74, 6) is -3.72. The van der Waals surface area contributed by atoms with Crippen LogP contribution < -0.4 is 31.6 Å². The van der Waals surface area contributed by atoms with Crippen LogP contribution in [0.3, 0.4) is 0 Å². The maximum absolute atomic E-state index is 15.2. The third-order valence-corrected chi connectivity index (χ3v) is 13.5. The topological polar surface area (TPSA) is 297 Å². The van der Waals surface area contributed by atoms with Crippen LogP contribution in [0.25, 0.3) is 11.1 Å². The minimum absolute atomic E-state index is 0.0500. The first kappa shape index (κ1) is 57.3. The molecule has 18 heteroatoms. The molecule has 0 radical (unpaired) electrons. The first-order valence-corrected chi connectivity index (χ1v) is 25.2. The zero-order valence-electron chi connectivity index (χ0n) is 42.0. The maximum atomic E-state index is 15.2. The third kappa shape index (κ3) is 15.0. The first-order valence-electron chi connectivity index (χ1n) is 25.2. The number of aliphatic hydroxyl groups excluding tert-OH is 4. The zero-order chi connectivity index (χ0) is 52.5. The highest BCUT2D eigenvalue weighted by Gasteiger charge is 2.44. The van der Waals surface area contributed by atoms with Crippen molar-refractivity contribution in [2.75, 3.05) is 46.5 Å². The number of nitrogens with one attached hydrogen (secondary N) is 2. The molecule has 10 N–H and O–H groups in total. The lowest BCUT2D eigenvalue weighted by molar-refractivity contribution is -0.254. The average molecular weight is 999 g/mol. The lowest BCUT2D eigenvalue weighted by Crippen LogP contribution is -2.63. The second-order valence-electron chi connectivity index (χ2n) is 19.0. The van der Waals surface area contributed by atoms with Crippen LogP contribution in [0.4, 0.5) is 0 Å². The van der Waals surface area contributed by atoms with Crippen molar-refractivity contribution in [3.05, 3.63) is 82.4 Å². The summed E-state index contributed by atoms with van der Waals surface area (Å²) in [4.78, 5) is 73.4. The van der Waals surface area contributed by atoms with Crippen molar-refractivity contribution in [3.63, 3.8) is 0 Å². The summed E-state index contributed by atoms with van der Waals surface area (Å²) in [6.07, 6.45) is -1.60. The van der Waals surface area contributed by atoms with Gasteiger partial charge in [-0.3, -0.25) is 24.0 Å².